The van der Waals surface area contributed by atoms with Gasteiger partial charge in [-0.3, -0.25) is 4.79 Å². The van der Waals surface area contributed by atoms with Crippen molar-refractivity contribution in [2.24, 2.45) is 0 Å². The zero-order valence-electron chi connectivity index (χ0n) is 7.12. The smallest absolute Gasteiger partial charge is 0.327 e. The molecule has 0 atom stereocenters. The second-order valence-electron chi connectivity index (χ2n) is 2.04. The van der Waals surface area contributed by atoms with Crippen molar-refractivity contribution >= 4 is 11.9 Å². The summed E-state index contributed by atoms with van der Waals surface area (Å²) in [6.07, 6.45) is 2.91. The van der Waals surface area contributed by atoms with Crippen molar-refractivity contribution in [2.45, 2.75) is 26.2 Å². The van der Waals surface area contributed by atoms with Crippen LogP contribution in [0.1, 0.15) is 26.2 Å². The number of aliphatic carboxylic acids is 2. The maximum absolute atomic E-state index is 9.76. The van der Waals surface area contributed by atoms with Crippen molar-refractivity contribution in [3.8, 4) is 0 Å². The first-order chi connectivity index (χ1) is 5.54. The van der Waals surface area contributed by atoms with E-state index in [4.69, 9.17) is 10.2 Å². The molecule has 0 aliphatic carbocycles. The third-order valence-electron chi connectivity index (χ3n) is 0.919. The van der Waals surface area contributed by atoms with Gasteiger partial charge in [0, 0.05) is 12.5 Å². The number of rotatable bonds is 4. The van der Waals surface area contributed by atoms with Crippen molar-refractivity contribution in [2.75, 3.05) is 0 Å². The number of unbranched alkanes of at least 4 members (excludes halogenated alkanes) is 1. The molecule has 0 spiro atoms. The highest BCUT2D eigenvalue weighted by molar-refractivity contribution is 5.78. The van der Waals surface area contributed by atoms with Gasteiger partial charge >= 0.3 is 11.9 Å². The first kappa shape index (κ1) is 13.3. The Hall–Kier alpha value is -1.32. The van der Waals surface area contributed by atoms with E-state index in [1.54, 1.807) is 0 Å². The zero-order chi connectivity index (χ0) is 9.98. The van der Waals surface area contributed by atoms with Crippen molar-refractivity contribution in [3.63, 3.8) is 0 Å². The van der Waals surface area contributed by atoms with Crippen LogP contribution in [0.25, 0.3) is 0 Å². The summed E-state index contributed by atoms with van der Waals surface area (Å²) in [7, 11) is 0. The molecule has 0 aromatic heterocycles. The lowest BCUT2D eigenvalue weighted by molar-refractivity contribution is -0.137. The second kappa shape index (κ2) is 9.68. The SMILES string of the molecule is C=CC(=O)O.CCCCC(=O)O. The summed E-state index contributed by atoms with van der Waals surface area (Å²) in [5.41, 5.74) is 0. The predicted octanol–water partition coefficient (Wildman–Crippen LogP) is 1.52. The van der Waals surface area contributed by atoms with Gasteiger partial charge in [-0.15, -0.1) is 0 Å². The third-order valence-corrected chi connectivity index (χ3v) is 0.919. The van der Waals surface area contributed by atoms with Crippen LogP contribution < -0.4 is 0 Å². The lowest BCUT2D eigenvalue weighted by Gasteiger charge is -1.85. The summed E-state index contributed by atoms with van der Waals surface area (Å²) in [6.45, 7) is 4.94. The molecule has 2 N–H and O–H groups in total. The molecular weight excluding hydrogens is 160 g/mol. The zero-order valence-corrected chi connectivity index (χ0v) is 7.12. The van der Waals surface area contributed by atoms with E-state index in [1.165, 1.54) is 0 Å². The van der Waals surface area contributed by atoms with Gasteiger partial charge in [-0.2, -0.15) is 0 Å². The molecule has 0 saturated heterocycles. The van der Waals surface area contributed by atoms with E-state index in [0.29, 0.717) is 6.42 Å². The Morgan fingerprint density at radius 2 is 1.83 bits per heavy atom. The fourth-order valence-corrected chi connectivity index (χ4v) is 0.328. The van der Waals surface area contributed by atoms with Crippen LogP contribution in [-0.4, -0.2) is 22.2 Å². The third kappa shape index (κ3) is 23.4. The van der Waals surface area contributed by atoms with Gasteiger partial charge in [0.2, 0.25) is 0 Å². The van der Waals surface area contributed by atoms with Gasteiger partial charge in [-0.1, -0.05) is 19.9 Å². The van der Waals surface area contributed by atoms with E-state index in [2.05, 4.69) is 6.58 Å². The molecule has 4 nitrogen and oxygen atoms in total. The molecule has 0 aliphatic heterocycles. The highest BCUT2D eigenvalue weighted by Gasteiger charge is 1.90. The van der Waals surface area contributed by atoms with Gasteiger partial charge in [0.25, 0.3) is 0 Å². The van der Waals surface area contributed by atoms with E-state index >= 15 is 0 Å². The van der Waals surface area contributed by atoms with Crippen LogP contribution in [0.5, 0.6) is 0 Å². The van der Waals surface area contributed by atoms with Crippen LogP contribution in [0.15, 0.2) is 12.7 Å². The monoisotopic (exact) mass is 174 g/mol. The van der Waals surface area contributed by atoms with Crippen LogP contribution in [0.4, 0.5) is 0 Å². The average molecular weight is 174 g/mol. The summed E-state index contributed by atoms with van der Waals surface area (Å²) in [6, 6.07) is 0. The Morgan fingerprint density at radius 3 is 1.92 bits per heavy atom. The maximum Gasteiger partial charge on any atom is 0.327 e. The quantitative estimate of drug-likeness (QED) is 0.633. The Labute approximate surface area is 71.5 Å². The van der Waals surface area contributed by atoms with Crippen molar-refractivity contribution in [1.82, 2.24) is 0 Å². The molecule has 0 aliphatic rings. The summed E-state index contributed by atoms with van der Waals surface area (Å²) < 4.78 is 0. The van der Waals surface area contributed by atoms with E-state index in [-0.39, 0.29) is 0 Å². The number of carbonyl (C=O) groups is 2. The summed E-state index contributed by atoms with van der Waals surface area (Å²) in [5, 5.41) is 15.6. The Bertz CT molecular complexity index is 151. The Balaban J connectivity index is 0. The van der Waals surface area contributed by atoms with Crippen LogP contribution in [0.2, 0.25) is 0 Å². The second-order valence-corrected chi connectivity index (χ2v) is 2.04. The van der Waals surface area contributed by atoms with Gasteiger partial charge < -0.3 is 10.2 Å². The lowest BCUT2D eigenvalue weighted by Crippen LogP contribution is -1.91. The van der Waals surface area contributed by atoms with Crippen molar-refractivity contribution in [3.05, 3.63) is 12.7 Å². The molecule has 0 amide bonds. The van der Waals surface area contributed by atoms with Crippen LogP contribution >= 0.6 is 0 Å². The standard InChI is InChI=1S/C5H10O2.C3H4O2/c1-2-3-4-5(6)7;1-2-3(4)5/h2-4H2,1H3,(H,6,7);2H,1H2,(H,4,5). The Morgan fingerprint density at radius 1 is 1.42 bits per heavy atom. The average Bonchev–Trinajstić information content (AvgIpc) is 2.02. The number of hydrogen-bond donors (Lipinski definition) is 2. The summed E-state index contributed by atoms with van der Waals surface area (Å²) in [5.74, 6) is -1.67. The fraction of sp³-hybridized carbons (Fsp3) is 0.500. The van der Waals surface area contributed by atoms with Crippen molar-refractivity contribution in [1.29, 1.82) is 0 Å². The molecule has 12 heavy (non-hydrogen) atoms. The van der Waals surface area contributed by atoms with Crippen LogP contribution in [-0.2, 0) is 9.59 Å². The highest BCUT2D eigenvalue weighted by atomic mass is 16.4. The largest absolute Gasteiger partial charge is 0.481 e. The fourth-order valence-electron chi connectivity index (χ4n) is 0.328. The molecule has 4 heteroatoms. The van der Waals surface area contributed by atoms with Crippen LogP contribution in [0, 0.1) is 0 Å². The van der Waals surface area contributed by atoms with E-state index in [0.717, 1.165) is 18.9 Å². The Kier molecular flexibility index (Phi) is 10.7. The molecule has 0 rings (SSSR count). The molecule has 0 bridgehead atoms. The van der Waals surface area contributed by atoms with Gasteiger partial charge in [0.1, 0.15) is 0 Å². The number of carboxylic acid groups (broad SMARTS) is 2. The summed E-state index contributed by atoms with van der Waals surface area (Å²) >= 11 is 0. The molecule has 70 valence electrons. The van der Waals surface area contributed by atoms with Crippen LogP contribution in [0.3, 0.4) is 0 Å². The van der Waals surface area contributed by atoms with Gasteiger partial charge in [0.15, 0.2) is 0 Å². The van der Waals surface area contributed by atoms with Gasteiger partial charge in [-0.05, 0) is 6.42 Å². The number of carboxylic acids is 2. The first-order valence-corrected chi connectivity index (χ1v) is 3.61. The van der Waals surface area contributed by atoms with E-state index in [1.807, 2.05) is 6.92 Å². The molecule has 0 aromatic carbocycles. The molecular formula is C8H14O4. The molecule has 0 radical (unpaired) electrons. The first-order valence-electron chi connectivity index (χ1n) is 3.61. The summed E-state index contributed by atoms with van der Waals surface area (Å²) in [4.78, 5) is 19.0. The predicted molar refractivity (Wildman–Crippen MR) is 45.0 cm³/mol. The molecule has 0 unspecified atom stereocenters. The van der Waals surface area contributed by atoms with E-state index < -0.39 is 11.9 Å². The minimum atomic E-state index is -0.981. The molecule has 0 saturated carbocycles. The highest BCUT2D eigenvalue weighted by Crippen LogP contribution is 1.91. The van der Waals surface area contributed by atoms with Gasteiger partial charge in [0.05, 0.1) is 0 Å². The molecule has 0 heterocycles. The minimum Gasteiger partial charge on any atom is -0.481 e. The van der Waals surface area contributed by atoms with E-state index in [9.17, 15) is 9.59 Å². The maximum atomic E-state index is 9.76. The normalized spacial score (nSPS) is 7.75. The van der Waals surface area contributed by atoms with Gasteiger partial charge in [-0.25, -0.2) is 4.79 Å². The topological polar surface area (TPSA) is 74.6 Å². The minimum absolute atomic E-state index is 0.316. The lowest BCUT2D eigenvalue weighted by atomic mass is 10.3. The molecule has 0 fully saturated rings. The van der Waals surface area contributed by atoms with Crippen molar-refractivity contribution < 1.29 is 19.8 Å². The molecule has 0 aromatic rings. The number of hydrogen-bond acceptors (Lipinski definition) is 2.